The van der Waals surface area contributed by atoms with Crippen LogP contribution in [0.1, 0.15) is 57.0 Å². The molecular formula is C27H29F3O6S. The van der Waals surface area contributed by atoms with Crippen LogP contribution in [0.3, 0.4) is 0 Å². The van der Waals surface area contributed by atoms with Crippen molar-refractivity contribution in [3.8, 4) is 0 Å². The molecule has 0 aromatic carbocycles. The Kier molecular flexibility index (Phi) is 6.10. The third-order valence-corrected chi connectivity index (χ3v) is 10.1. The van der Waals surface area contributed by atoms with Gasteiger partial charge in [0.15, 0.2) is 16.6 Å². The fourth-order valence-corrected chi connectivity index (χ4v) is 8.73. The van der Waals surface area contributed by atoms with Crippen molar-refractivity contribution >= 4 is 28.6 Å². The number of ether oxygens (including phenoxy) is 1. The Morgan fingerprint density at radius 2 is 1.97 bits per heavy atom. The number of fused-ring (bicyclic) bond motifs is 5. The van der Waals surface area contributed by atoms with E-state index < -0.39 is 68.9 Å². The van der Waals surface area contributed by atoms with Crippen molar-refractivity contribution in [2.75, 3.05) is 6.01 Å². The number of halogens is 3. The van der Waals surface area contributed by atoms with E-state index in [1.807, 2.05) is 0 Å². The summed E-state index contributed by atoms with van der Waals surface area (Å²) in [6.45, 7) is 4.75. The first kappa shape index (κ1) is 26.3. The topological polar surface area (TPSA) is 93.8 Å². The molecule has 0 spiro atoms. The number of thioether (sulfide) groups is 1. The molecule has 0 bridgehead atoms. The van der Waals surface area contributed by atoms with Gasteiger partial charge in [0.1, 0.15) is 17.4 Å². The zero-order valence-corrected chi connectivity index (χ0v) is 21.6. The molecule has 0 amide bonds. The summed E-state index contributed by atoms with van der Waals surface area (Å²) in [4.78, 5) is 38.3. The first-order valence-corrected chi connectivity index (χ1v) is 13.3. The number of esters is 1. The van der Waals surface area contributed by atoms with Crippen LogP contribution in [-0.4, -0.2) is 45.4 Å². The summed E-state index contributed by atoms with van der Waals surface area (Å²) in [5.74, 6) is -4.73. The van der Waals surface area contributed by atoms with E-state index in [2.05, 4.69) is 0 Å². The number of hydrogen-bond acceptors (Lipinski definition) is 7. The highest BCUT2D eigenvalue weighted by Crippen LogP contribution is 2.71. The highest BCUT2D eigenvalue weighted by molar-refractivity contribution is 8.13. The van der Waals surface area contributed by atoms with Crippen LogP contribution in [0, 0.1) is 28.6 Å². The number of hydrogen-bond donors (Lipinski definition) is 1. The lowest BCUT2D eigenvalue weighted by molar-refractivity contribution is -0.191. The number of carbonyl (C=O) groups is 3. The molecule has 6 nitrogen and oxygen atoms in total. The molecule has 4 aliphatic rings. The minimum atomic E-state index is -2.34. The van der Waals surface area contributed by atoms with Crippen molar-refractivity contribution in [2.45, 2.75) is 63.8 Å². The normalized spacial score (nSPS) is 42.7. The summed E-state index contributed by atoms with van der Waals surface area (Å²) < 4.78 is 57.3. The van der Waals surface area contributed by atoms with Crippen molar-refractivity contribution < 1.29 is 41.8 Å². The summed E-state index contributed by atoms with van der Waals surface area (Å²) in [7, 11) is 0. The van der Waals surface area contributed by atoms with Crippen LogP contribution < -0.4 is 0 Å². The summed E-state index contributed by atoms with van der Waals surface area (Å²) in [6, 6.07) is 1.90. The lowest BCUT2D eigenvalue weighted by Crippen LogP contribution is -2.66. The van der Waals surface area contributed by atoms with E-state index >= 15 is 8.78 Å². The molecule has 4 aliphatic carbocycles. The van der Waals surface area contributed by atoms with Crippen molar-refractivity contribution in [1.29, 1.82) is 0 Å². The predicted octanol–water partition coefficient (Wildman–Crippen LogP) is 5.28. The Bertz CT molecular complexity index is 1210. The van der Waals surface area contributed by atoms with Crippen LogP contribution in [0.5, 0.6) is 0 Å². The van der Waals surface area contributed by atoms with Crippen LogP contribution in [0.25, 0.3) is 0 Å². The number of allylic oxidation sites excluding steroid dienone is 4. The second-order valence-electron chi connectivity index (χ2n) is 11.4. The van der Waals surface area contributed by atoms with Gasteiger partial charge in [0.05, 0.1) is 18.3 Å². The van der Waals surface area contributed by atoms with E-state index in [-0.39, 0.29) is 42.8 Å². The third kappa shape index (κ3) is 3.54. The molecule has 1 heterocycles. The Hall–Kier alpha value is -2.33. The zero-order chi connectivity index (χ0) is 27.0. The molecule has 10 heteroatoms. The van der Waals surface area contributed by atoms with Crippen LogP contribution in [0.15, 0.2) is 46.4 Å². The fourth-order valence-electron chi connectivity index (χ4n) is 7.94. The van der Waals surface area contributed by atoms with Gasteiger partial charge < -0.3 is 14.3 Å². The maximum atomic E-state index is 17.4. The average molecular weight is 539 g/mol. The van der Waals surface area contributed by atoms with E-state index in [1.165, 1.54) is 37.5 Å². The zero-order valence-electron chi connectivity index (χ0n) is 20.8. The Morgan fingerprint density at radius 3 is 2.62 bits per heavy atom. The average Bonchev–Trinajstić information content (AvgIpc) is 3.42. The third-order valence-electron chi connectivity index (χ3n) is 9.47. The molecule has 3 unspecified atom stereocenters. The van der Waals surface area contributed by atoms with Gasteiger partial charge in [0.25, 0.3) is 0 Å². The van der Waals surface area contributed by atoms with Gasteiger partial charge in [0.2, 0.25) is 5.76 Å². The molecule has 200 valence electrons. The molecule has 5 rings (SSSR count). The summed E-state index contributed by atoms with van der Waals surface area (Å²) >= 11 is 0.430. The van der Waals surface area contributed by atoms with Crippen LogP contribution in [0.4, 0.5) is 13.2 Å². The van der Waals surface area contributed by atoms with Gasteiger partial charge in [-0.3, -0.25) is 9.59 Å². The van der Waals surface area contributed by atoms with E-state index in [0.717, 1.165) is 0 Å². The minimum absolute atomic E-state index is 0.00357. The lowest BCUT2D eigenvalue weighted by Gasteiger charge is -2.61. The molecule has 0 saturated heterocycles. The highest BCUT2D eigenvalue weighted by Gasteiger charge is 2.75. The number of furan rings is 1. The van der Waals surface area contributed by atoms with Gasteiger partial charge in [-0.05, 0) is 61.8 Å². The van der Waals surface area contributed by atoms with E-state index in [9.17, 15) is 23.9 Å². The maximum absolute atomic E-state index is 17.4. The first-order valence-electron chi connectivity index (χ1n) is 12.3. The number of alkyl halides is 2. The largest absolute Gasteiger partial charge is 0.457 e. The van der Waals surface area contributed by atoms with Crippen LogP contribution in [-0.2, 0) is 14.3 Å². The second-order valence-corrected chi connectivity index (χ2v) is 12.3. The first-order chi connectivity index (χ1) is 17.3. The number of aliphatic hydroxyl groups excluding tert-OH is 1. The molecule has 2 saturated carbocycles. The second kappa shape index (κ2) is 8.59. The van der Waals surface area contributed by atoms with Crippen molar-refractivity contribution in [3.05, 3.63) is 47.7 Å². The monoisotopic (exact) mass is 538 g/mol. The van der Waals surface area contributed by atoms with Gasteiger partial charge in [-0.15, -0.1) is 0 Å². The molecule has 0 aliphatic heterocycles. The molecule has 37 heavy (non-hydrogen) atoms. The molecule has 2 fully saturated rings. The lowest BCUT2D eigenvalue weighted by atomic mass is 9.46. The Labute approximate surface area is 216 Å². The fraction of sp³-hybridized carbons (Fsp3) is 0.593. The van der Waals surface area contributed by atoms with E-state index in [1.54, 1.807) is 13.8 Å². The van der Waals surface area contributed by atoms with Gasteiger partial charge in [-0.25, -0.2) is 18.0 Å². The molecule has 8 atom stereocenters. The SMILES string of the molecule is CC1(OC(=O)c2ccco2)CC2C3CC(F)=C4CC(=O)C=C[C@]4(C)[C@@]3(F)[C@@H](O)C[C@]2(C)[C@H]1C(=O)SCF. The van der Waals surface area contributed by atoms with Crippen molar-refractivity contribution in [3.63, 3.8) is 0 Å². The Morgan fingerprint density at radius 1 is 1.24 bits per heavy atom. The van der Waals surface area contributed by atoms with E-state index in [0.29, 0.717) is 11.8 Å². The number of aliphatic hydroxyl groups is 1. The number of ketones is 1. The molecular weight excluding hydrogens is 509 g/mol. The summed E-state index contributed by atoms with van der Waals surface area (Å²) in [6.07, 6.45) is 1.45. The Balaban J connectivity index is 1.62. The minimum Gasteiger partial charge on any atom is -0.457 e. The van der Waals surface area contributed by atoms with Gasteiger partial charge >= 0.3 is 5.97 Å². The van der Waals surface area contributed by atoms with Gasteiger partial charge in [-0.2, -0.15) is 0 Å². The quantitative estimate of drug-likeness (QED) is 0.522. The summed E-state index contributed by atoms with van der Waals surface area (Å²) in [5, 5.41) is 10.8. The molecule has 1 N–H and O–H groups in total. The highest BCUT2D eigenvalue weighted by atomic mass is 32.2. The maximum Gasteiger partial charge on any atom is 0.374 e. The standard InChI is InChI=1S/C27H29F3O6S/c1-24-12-20(32)27(30)15(10-18(29)16-9-14(31)6-7-25(16,27)2)17(24)11-26(3,21(24)23(34)37-13-28)36-22(33)19-5-4-8-35-19/h4-8,15,17,20-21,32H,9-13H2,1-3H3/t15?,17?,20-,21+,24-,25-,26?,27-/m0/s1. The predicted molar refractivity (Wildman–Crippen MR) is 128 cm³/mol. The summed E-state index contributed by atoms with van der Waals surface area (Å²) in [5.41, 5.74) is -6.48. The van der Waals surface area contributed by atoms with Crippen LogP contribution >= 0.6 is 11.8 Å². The number of rotatable bonds is 4. The molecule has 0 radical (unpaired) electrons. The van der Waals surface area contributed by atoms with Gasteiger partial charge in [-0.1, -0.05) is 24.8 Å². The smallest absolute Gasteiger partial charge is 0.374 e. The van der Waals surface area contributed by atoms with Crippen LogP contribution in [0.2, 0.25) is 0 Å². The van der Waals surface area contributed by atoms with Crippen molar-refractivity contribution in [2.24, 2.45) is 28.6 Å². The van der Waals surface area contributed by atoms with Gasteiger partial charge in [0, 0.05) is 24.2 Å². The number of carbonyl (C=O) groups excluding carboxylic acids is 3. The van der Waals surface area contributed by atoms with E-state index in [4.69, 9.17) is 9.15 Å². The molecule has 1 aromatic heterocycles. The van der Waals surface area contributed by atoms with Crippen molar-refractivity contribution in [1.82, 2.24) is 0 Å². The molecule has 1 aromatic rings.